The maximum absolute atomic E-state index is 12.7. The topological polar surface area (TPSA) is 125 Å². The summed E-state index contributed by atoms with van der Waals surface area (Å²) in [5.74, 6) is 0.602. The molecule has 0 aliphatic carbocycles. The lowest BCUT2D eigenvalue weighted by atomic mass is 9.86. The van der Waals surface area contributed by atoms with Crippen molar-refractivity contribution in [2.75, 3.05) is 37.1 Å². The van der Waals surface area contributed by atoms with Crippen LogP contribution in [0.25, 0.3) is 22.6 Å². The molecule has 2 amide bonds. The summed E-state index contributed by atoms with van der Waals surface area (Å²) in [6, 6.07) is 3.89. The van der Waals surface area contributed by atoms with Crippen LogP contribution in [0, 0.1) is 0 Å². The fraction of sp³-hybridized carbons (Fsp3) is 0.400. The van der Waals surface area contributed by atoms with Gasteiger partial charge in [0.05, 0.1) is 40.6 Å². The van der Waals surface area contributed by atoms with E-state index in [2.05, 4.69) is 25.5 Å². The van der Waals surface area contributed by atoms with Gasteiger partial charge in [-0.25, -0.2) is 9.78 Å². The Kier molecular flexibility index (Phi) is 4.94. The van der Waals surface area contributed by atoms with Crippen LogP contribution < -0.4 is 10.2 Å². The summed E-state index contributed by atoms with van der Waals surface area (Å²) in [5.41, 5.74) is 3.72. The second kappa shape index (κ2) is 7.45. The molecule has 0 fully saturated rings. The van der Waals surface area contributed by atoms with Gasteiger partial charge < -0.3 is 19.4 Å². The molecular formula is C20H24N6O4. The standard InChI is InChI=1S/C20H24N6O4/c1-5-26-15-9-13-12(8-11(15)20(2,3)18(26)27)22-17(23-13)16-14(10-21-25-16)24-19(28)30-7-6-29-4/h8-10H,5-7H2,1-4H3,(H,21,25)(H,22,23)(H,24,28). The number of fused-ring (bicyclic) bond motifs is 2. The summed E-state index contributed by atoms with van der Waals surface area (Å²) < 4.78 is 9.89. The lowest BCUT2D eigenvalue weighted by molar-refractivity contribution is -0.122. The molecule has 0 unspecified atom stereocenters. The number of H-pyrrole nitrogens is 2. The normalized spacial score (nSPS) is 14.9. The van der Waals surface area contributed by atoms with Crippen LogP contribution in [0.2, 0.25) is 0 Å². The summed E-state index contributed by atoms with van der Waals surface area (Å²) >= 11 is 0. The molecule has 1 aliphatic heterocycles. The molecule has 3 N–H and O–H groups in total. The molecule has 4 rings (SSSR count). The number of imidazole rings is 1. The molecule has 0 bridgehead atoms. The van der Waals surface area contributed by atoms with E-state index in [-0.39, 0.29) is 12.5 Å². The Morgan fingerprint density at radius 3 is 2.83 bits per heavy atom. The molecular weight excluding hydrogens is 388 g/mol. The maximum atomic E-state index is 12.7. The highest BCUT2D eigenvalue weighted by Gasteiger charge is 2.43. The van der Waals surface area contributed by atoms with Gasteiger partial charge in [0.25, 0.3) is 0 Å². The van der Waals surface area contributed by atoms with Crippen molar-refractivity contribution in [1.82, 2.24) is 20.2 Å². The van der Waals surface area contributed by atoms with Gasteiger partial charge >= 0.3 is 6.09 Å². The number of hydrogen-bond donors (Lipinski definition) is 3. The van der Waals surface area contributed by atoms with E-state index < -0.39 is 11.5 Å². The van der Waals surface area contributed by atoms with E-state index in [4.69, 9.17) is 9.47 Å². The highest BCUT2D eigenvalue weighted by atomic mass is 16.6. The SMILES string of the molecule is CCN1C(=O)C(C)(C)c2cc3[nH]c(-c4[nH]ncc4NC(=O)OCCOC)nc3cc21. The van der Waals surface area contributed by atoms with Gasteiger partial charge in [0.2, 0.25) is 5.91 Å². The maximum Gasteiger partial charge on any atom is 0.411 e. The van der Waals surface area contributed by atoms with E-state index in [9.17, 15) is 9.59 Å². The van der Waals surface area contributed by atoms with Crippen LogP contribution in [0.5, 0.6) is 0 Å². The summed E-state index contributed by atoms with van der Waals surface area (Å²) in [5, 5.41) is 9.51. The molecule has 3 aromatic rings. The second-order valence-electron chi connectivity index (χ2n) is 7.56. The molecule has 1 aromatic carbocycles. The Morgan fingerprint density at radius 2 is 2.10 bits per heavy atom. The summed E-state index contributed by atoms with van der Waals surface area (Å²) in [4.78, 5) is 34.4. The van der Waals surface area contributed by atoms with E-state index in [0.717, 1.165) is 22.3 Å². The Morgan fingerprint density at radius 1 is 1.30 bits per heavy atom. The quantitative estimate of drug-likeness (QED) is 0.535. The number of aromatic nitrogens is 4. The molecule has 10 heteroatoms. The predicted molar refractivity (Wildman–Crippen MR) is 112 cm³/mol. The van der Waals surface area contributed by atoms with Crippen LogP contribution in [0.4, 0.5) is 16.2 Å². The number of hydrogen-bond acceptors (Lipinski definition) is 6. The number of ether oxygens (including phenoxy) is 2. The lowest BCUT2D eigenvalue weighted by Crippen LogP contribution is -2.35. The molecule has 0 spiro atoms. The number of nitrogens with zero attached hydrogens (tertiary/aromatic N) is 3. The van der Waals surface area contributed by atoms with Crippen molar-refractivity contribution in [2.45, 2.75) is 26.2 Å². The molecule has 3 heterocycles. The van der Waals surface area contributed by atoms with Gasteiger partial charge in [-0.15, -0.1) is 0 Å². The van der Waals surface area contributed by atoms with Crippen LogP contribution in [-0.2, 0) is 19.7 Å². The third kappa shape index (κ3) is 3.18. The first-order valence-electron chi connectivity index (χ1n) is 9.69. The molecule has 0 radical (unpaired) electrons. The van der Waals surface area contributed by atoms with Gasteiger partial charge in [-0.05, 0) is 38.5 Å². The number of amides is 2. The van der Waals surface area contributed by atoms with Crippen molar-refractivity contribution in [3.8, 4) is 11.5 Å². The molecule has 0 atom stereocenters. The molecule has 1 aliphatic rings. The van der Waals surface area contributed by atoms with Gasteiger partial charge in [-0.2, -0.15) is 5.10 Å². The van der Waals surface area contributed by atoms with E-state index >= 15 is 0 Å². The number of aromatic amines is 2. The number of nitrogens with one attached hydrogen (secondary N) is 3. The largest absolute Gasteiger partial charge is 0.447 e. The van der Waals surface area contributed by atoms with Crippen LogP contribution in [-0.4, -0.2) is 59.0 Å². The molecule has 0 saturated heterocycles. The summed E-state index contributed by atoms with van der Waals surface area (Å²) in [6.07, 6.45) is 0.879. The molecule has 2 aromatic heterocycles. The van der Waals surface area contributed by atoms with Crippen molar-refractivity contribution in [3.63, 3.8) is 0 Å². The highest BCUT2D eigenvalue weighted by Crippen LogP contribution is 2.43. The number of carbonyl (C=O) groups excluding carboxylic acids is 2. The van der Waals surface area contributed by atoms with Gasteiger partial charge in [0.1, 0.15) is 12.3 Å². The van der Waals surface area contributed by atoms with E-state index in [0.29, 0.717) is 30.4 Å². The van der Waals surface area contributed by atoms with Crippen molar-refractivity contribution < 1.29 is 19.1 Å². The second-order valence-corrected chi connectivity index (χ2v) is 7.56. The minimum atomic E-state index is -0.608. The lowest BCUT2D eigenvalue weighted by Gasteiger charge is -2.18. The van der Waals surface area contributed by atoms with Crippen LogP contribution in [0.15, 0.2) is 18.3 Å². The fourth-order valence-electron chi connectivity index (χ4n) is 3.69. The first-order chi connectivity index (χ1) is 14.4. The Balaban J connectivity index is 1.66. The average Bonchev–Trinajstić information content (AvgIpc) is 3.37. The van der Waals surface area contributed by atoms with Gasteiger partial charge in [-0.3, -0.25) is 15.2 Å². The number of rotatable bonds is 6. The molecule has 10 nitrogen and oxygen atoms in total. The smallest absolute Gasteiger partial charge is 0.411 e. The average molecular weight is 412 g/mol. The Bertz CT molecular complexity index is 1120. The van der Waals surface area contributed by atoms with Crippen LogP contribution in [0.1, 0.15) is 26.3 Å². The third-order valence-electron chi connectivity index (χ3n) is 5.29. The van der Waals surface area contributed by atoms with E-state index in [1.807, 2.05) is 32.9 Å². The van der Waals surface area contributed by atoms with Gasteiger partial charge in [-0.1, -0.05) is 0 Å². The van der Waals surface area contributed by atoms with Crippen molar-refractivity contribution in [1.29, 1.82) is 0 Å². The van der Waals surface area contributed by atoms with Crippen LogP contribution in [0.3, 0.4) is 0 Å². The molecule has 30 heavy (non-hydrogen) atoms. The molecule has 0 saturated carbocycles. The number of anilines is 2. The van der Waals surface area contributed by atoms with Crippen molar-refractivity contribution in [2.24, 2.45) is 0 Å². The summed E-state index contributed by atoms with van der Waals surface area (Å²) in [7, 11) is 1.53. The number of benzene rings is 1. The minimum absolute atomic E-state index is 0.0833. The monoisotopic (exact) mass is 412 g/mol. The van der Waals surface area contributed by atoms with Crippen LogP contribution >= 0.6 is 0 Å². The molecule has 158 valence electrons. The predicted octanol–water partition coefficient (Wildman–Crippen LogP) is 2.79. The van der Waals surface area contributed by atoms with E-state index in [1.165, 1.54) is 13.3 Å². The van der Waals surface area contributed by atoms with Gasteiger partial charge in [0, 0.05) is 13.7 Å². The Labute approximate surface area is 172 Å². The number of likely N-dealkylation sites (N-methyl/N-ethyl adjacent to an activating group) is 1. The van der Waals surface area contributed by atoms with Crippen molar-refractivity contribution in [3.05, 3.63) is 23.9 Å². The number of carbonyl (C=O) groups is 2. The number of methoxy groups -OCH3 is 1. The minimum Gasteiger partial charge on any atom is -0.447 e. The first-order valence-corrected chi connectivity index (χ1v) is 9.69. The first kappa shape index (κ1) is 19.9. The zero-order valence-corrected chi connectivity index (χ0v) is 17.3. The zero-order valence-electron chi connectivity index (χ0n) is 17.3. The fourth-order valence-corrected chi connectivity index (χ4v) is 3.69. The third-order valence-corrected chi connectivity index (χ3v) is 5.29. The van der Waals surface area contributed by atoms with Crippen molar-refractivity contribution >= 4 is 34.4 Å². The Hall–Kier alpha value is -3.40. The van der Waals surface area contributed by atoms with Gasteiger partial charge in [0.15, 0.2) is 5.82 Å². The zero-order chi connectivity index (χ0) is 21.5. The highest BCUT2D eigenvalue weighted by molar-refractivity contribution is 6.09. The van der Waals surface area contributed by atoms with E-state index in [1.54, 1.807) is 4.90 Å². The summed E-state index contributed by atoms with van der Waals surface area (Å²) in [6.45, 7) is 6.87.